The third-order valence-electron chi connectivity index (χ3n) is 4.37. The van der Waals surface area contributed by atoms with Crippen LogP contribution in [0.3, 0.4) is 0 Å². The standard InChI is InChI=1S/C29H34OS2/c1-29(2,3)32-28(25-18-10-7-11-19-25)26(17-9-5-6-15-23-30-4)20-14-16-24-31-27-21-12-8-13-22-27/h7-8,10-13,18-22,28H,5-6,15,23-24H2,1-4H3/b26-20+. The van der Waals surface area contributed by atoms with Crippen LogP contribution in [0.25, 0.3) is 0 Å². The number of thioether (sulfide) groups is 2. The van der Waals surface area contributed by atoms with E-state index >= 15 is 0 Å². The van der Waals surface area contributed by atoms with Gasteiger partial charge in [-0.25, -0.2) is 0 Å². The van der Waals surface area contributed by atoms with Gasteiger partial charge in [0.05, 0.1) is 11.0 Å². The highest BCUT2D eigenvalue weighted by atomic mass is 32.2. The van der Waals surface area contributed by atoms with Gasteiger partial charge in [-0.3, -0.25) is 0 Å². The van der Waals surface area contributed by atoms with Crippen LogP contribution in [0.5, 0.6) is 0 Å². The van der Waals surface area contributed by atoms with Crippen molar-refractivity contribution in [1.29, 1.82) is 0 Å². The molecule has 1 atom stereocenters. The first-order valence-corrected chi connectivity index (χ1v) is 12.9. The summed E-state index contributed by atoms with van der Waals surface area (Å²) < 4.78 is 5.25. The second-order valence-corrected chi connectivity index (χ2v) is 11.3. The topological polar surface area (TPSA) is 9.23 Å². The zero-order valence-electron chi connectivity index (χ0n) is 19.7. The lowest BCUT2D eigenvalue weighted by atomic mass is 10.0. The molecule has 32 heavy (non-hydrogen) atoms. The SMILES string of the molecule is COCCCCC#C/C(=C\C#CCSc1ccccc1)C(SC(C)(C)C)c1ccccc1. The van der Waals surface area contributed by atoms with E-state index in [0.717, 1.165) is 37.2 Å². The lowest BCUT2D eigenvalue weighted by Crippen LogP contribution is -2.12. The first kappa shape index (κ1) is 26.2. The number of methoxy groups -OCH3 is 1. The molecule has 1 unspecified atom stereocenters. The number of rotatable bonds is 9. The maximum absolute atomic E-state index is 5.15. The van der Waals surface area contributed by atoms with Crippen molar-refractivity contribution in [2.24, 2.45) is 0 Å². The van der Waals surface area contributed by atoms with Crippen molar-refractivity contribution >= 4 is 23.5 Å². The summed E-state index contributed by atoms with van der Waals surface area (Å²) >= 11 is 3.69. The summed E-state index contributed by atoms with van der Waals surface area (Å²) in [6.45, 7) is 7.56. The van der Waals surface area contributed by atoms with Gasteiger partial charge in [-0.15, -0.1) is 23.5 Å². The molecule has 0 saturated carbocycles. The summed E-state index contributed by atoms with van der Waals surface area (Å²) in [7, 11) is 1.75. The highest BCUT2D eigenvalue weighted by molar-refractivity contribution is 8.01. The molecule has 0 radical (unpaired) electrons. The van der Waals surface area contributed by atoms with Crippen LogP contribution in [0.2, 0.25) is 0 Å². The van der Waals surface area contributed by atoms with E-state index in [-0.39, 0.29) is 10.00 Å². The Balaban J connectivity index is 2.21. The zero-order valence-corrected chi connectivity index (χ0v) is 21.3. The molecular weight excluding hydrogens is 428 g/mol. The maximum atomic E-state index is 5.15. The predicted octanol–water partition coefficient (Wildman–Crippen LogP) is 7.80. The number of hydrogen-bond donors (Lipinski definition) is 0. The van der Waals surface area contributed by atoms with Gasteiger partial charge in [0.25, 0.3) is 0 Å². The van der Waals surface area contributed by atoms with E-state index in [1.54, 1.807) is 18.9 Å². The summed E-state index contributed by atoms with van der Waals surface area (Å²) in [6, 6.07) is 21.0. The van der Waals surface area contributed by atoms with Crippen molar-refractivity contribution in [1.82, 2.24) is 0 Å². The third kappa shape index (κ3) is 11.0. The Morgan fingerprint density at radius 3 is 2.31 bits per heavy atom. The molecule has 2 rings (SSSR count). The average molecular weight is 463 g/mol. The Bertz CT molecular complexity index is 935. The van der Waals surface area contributed by atoms with Crippen LogP contribution in [0.15, 0.2) is 77.2 Å². The fourth-order valence-electron chi connectivity index (χ4n) is 2.90. The lowest BCUT2D eigenvalue weighted by Gasteiger charge is -2.26. The zero-order chi connectivity index (χ0) is 23.1. The summed E-state index contributed by atoms with van der Waals surface area (Å²) in [5.74, 6) is 14.2. The van der Waals surface area contributed by atoms with E-state index in [1.165, 1.54) is 10.5 Å². The van der Waals surface area contributed by atoms with E-state index < -0.39 is 0 Å². The maximum Gasteiger partial charge on any atom is 0.0637 e. The van der Waals surface area contributed by atoms with Crippen LogP contribution in [0, 0.1) is 23.7 Å². The van der Waals surface area contributed by atoms with Crippen LogP contribution in [-0.2, 0) is 4.74 Å². The van der Waals surface area contributed by atoms with Crippen LogP contribution in [0.4, 0.5) is 0 Å². The first-order chi connectivity index (χ1) is 15.5. The summed E-state index contributed by atoms with van der Waals surface area (Å²) in [4.78, 5) is 1.24. The van der Waals surface area contributed by atoms with Gasteiger partial charge < -0.3 is 4.74 Å². The van der Waals surface area contributed by atoms with Gasteiger partial charge in [0, 0.05) is 41.4 Å². The molecule has 0 N–H and O–H groups in total. The van der Waals surface area contributed by atoms with E-state index in [9.17, 15) is 0 Å². The second-order valence-electron chi connectivity index (χ2n) is 8.30. The molecule has 0 fully saturated rings. The Morgan fingerprint density at radius 2 is 1.66 bits per heavy atom. The van der Waals surface area contributed by atoms with E-state index in [2.05, 4.69) is 99.1 Å². The largest absolute Gasteiger partial charge is 0.385 e. The molecule has 0 aliphatic heterocycles. The molecule has 0 heterocycles. The van der Waals surface area contributed by atoms with E-state index in [1.807, 2.05) is 23.9 Å². The molecule has 0 aromatic heterocycles. The Morgan fingerprint density at radius 1 is 0.969 bits per heavy atom. The second kappa shape index (κ2) is 14.9. The number of allylic oxidation sites excluding steroid dienone is 1. The average Bonchev–Trinajstić information content (AvgIpc) is 2.79. The minimum atomic E-state index is 0.107. The molecule has 1 nitrogen and oxygen atoms in total. The van der Waals surface area contributed by atoms with Crippen LogP contribution < -0.4 is 0 Å². The molecule has 2 aromatic carbocycles. The van der Waals surface area contributed by atoms with Crippen molar-refractivity contribution in [3.63, 3.8) is 0 Å². The van der Waals surface area contributed by atoms with Crippen molar-refractivity contribution < 1.29 is 4.74 Å². The van der Waals surface area contributed by atoms with E-state index in [0.29, 0.717) is 0 Å². The quantitative estimate of drug-likeness (QED) is 0.214. The Hall–Kier alpha value is -2.04. The molecule has 0 bridgehead atoms. The van der Waals surface area contributed by atoms with Crippen LogP contribution in [-0.4, -0.2) is 24.2 Å². The molecule has 0 amide bonds. The van der Waals surface area contributed by atoms with Gasteiger partial charge in [-0.1, -0.05) is 93.0 Å². The minimum Gasteiger partial charge on any atom is -0.385 e. The van der Waals surface area contributed by atoms with Gasteiger partial charge in [0.15, 0.2) is 0 Å². The van der Waals surface area contributed by atoms with Crippen molar-refractivity contribution in [3.05, 3.63) is 77.9 Å². The normalized spacial score (nSPS) is 12.3. The molecule has 2 aromatic rings. The fraction of sp³-hybridized carbons (Fsp3) is 0.379. The number of hydrogen-bond acceptors (Lipinski definition) is 3. The molecule has 0 aliphatic rings. The number of unbranched alkanes of at least 4 members (excludes halogenated alkanes) is 2. The minimum absolute atomic E-state index is 0.107. The van der Waals surface area contributed by atoms with Gasteiger partial charge >= 0.3 is 0 Å². The third-order valence-corrected chi connectivity index (χ3v) is 6.74. The lowest BCUT2D eigenvalue weighted by molar-refractivity contribution is 0.193. The van der Waals surface area contributed by atoms with Crippen molar-refractivity contribution in [2.45, 2.75) is 54.9 Å². The van der Waals surface area contributed by atoms with Gasteiger partial charge in [0.1, 0.15) is 0 Å². The molecule has 0 spiro atoms. The number of ether oxygens (including phenoxy) is 1. The van der Waals surface area contributed by atoms with Gasteiger partial charge in [-0.2, -0.15) is 0 Å². The molecule has 168 valence electrons. The highest BCUT2D eigenvalue weighted by Crippen LogP contribution is 2.42. The Labute approximate surface area is 203 Å². The number of benzene rings is 2. The van der Waals surface area contributed by atoms with Crippen molar-refractivity contribution in [3.8, 4) is 23.7 Å². The highest BCUT2D eigenvalue weighted by Gasteiger charge is 2.23. The summed E-state index contributed by atoms with van der Waals surface area (Å²) in [6.07, 6.45) is 5.00. The predicted molar refractivity (Wildman–Crippen MR) is 143 cm³/mol. The Kier molecular flexibility index (Phi) is 12.2. The summed E-state index contributed by atoms with van der Waals surface area (Å²) in [5, 5.41) is 0.166. The molecular formula is C29H34OS2. The molecule has 0 aliphatic carbocycles. The van der Waals surface area contributed by atoms with Crippen LogP contribution >= 0.6 is 23.5 Å². The smallest absolute Gasteiger partial charge is 0.0637 e. The monoisotopic (exact) mass is 462 g/mol. The summed E-state index contributed by atoms with van der Waals surface area (Å²) in [5.41, 5.74) is 2.35. The van der Waals surface area contributed by atoms with Gasteiger partial charge in [0.2, 0.25) is 0 Å². The first-order valence-electron chi connectivity index (χ1n) is 11.1. The van der Waals surface area contributed by atoms with Crippen LogP contribution in [0.1, 0.15) is 50.8 Å². The fourth-order valence-corrected chi connectivity index (χ4v) is 4.83. The van der Waals surface area contributed by atoms with Gasteiger partial charge in [-0.05, 0) is 30.5 Å². The molecule has 0 saturated heterocycles. The van der Waals surface area contributed by atoms with E-state index in [4.69, 9.17) is 4.74 Å². The molecule has 3 heteroatoms. The van der Waals surface area contributed by atoms with Crippen molar-refractivity contribution in [2.75, 3.05) is 19.5 Å².